The van der Waals surface area contributed by atoms with Crippen LogP contribution in [-0.4, -0.2) is 71.4 Å². The number of ether oxygens (including phenoxy) is 2. The van der Waals surface area contributed by atoms with E-state index in [0.29, 0.717) is 66.5 Å². The predicted molar refractivity (Wildman–Crippen MR) is 180 cm³/mol. The number of aliphatic hydroxyl groups excluding tert-OH is 1. The molecular formula is C35H37Cl2N5O4. The number of rotatable bonds is 10. The Labute approximate surface area is 278 Å². The van der Waals surface area contributed by atoms with Crippen molar-refractivity contribution in [2.45, 2.75) is 45.0 Å². The fraction of sp³-hybridized carbons (Fsp3) is 0.343. The SMILES string of the molecule is COc1nc(-c2cccc(-c3ccnc(-c4ccc5c(c4)OCCN(C[C@H](C)O)C5)c3Cl)c2Cl)ccc1CNC[C@H]1CCC(=O)N1. The molecule has 4 aromatic rings. The summed E-state index contributed by atoms with van der Waals surface area (Å²) in [6.07, 6.45) is 2.74. The third-order valence-corrected chi connectivity index (χ3v) is 9.09. The van der Waals surface area contributed by atoms with Crippen molar-refractivity contribution < 1.29 is 19.4 Å². The van der Waals surface area contributed by atoms with E-state index in [9.17, 15) is 9.90 Å². The summed E-state index contributed by atoms with van der Waals surface area (Å²) in [6.45, 7) is 5.58. The maximum absolute atomic E-state index is 11.5. The molecule has 4 heterocycles. The van der Waals surface area contributed by atoms with E-state index in [0.717, 1.165) is 52.1 Å². The molecule has 11 heteroatoms. The number of hydrogen-bond donors (Lipinski definition) is 3. The van der Waals surface area contributed by atoms with Gasteiger partial charge in [0.2, 0.25) is 11.8 Å². The van der Waals surface area contributed by atoms with Gasteiger partial charge in [0.25, 0.3) is 0 Å². The van der Waals surface area contributed by atoms with Crippen LogP contribution in [0.25, 0.3) is 33.6 Å². The van der Waals surface area contributed by atoms with Gasteiger partial charge in [-0.25, -0.2) is 4.98 Å². The molecule has 0 aliphatic carbocycles. The molecule has 2 atom stereocenters. The maximum atomic E-state index is 11.5. The molecule has 1 fully saturated rings. The van der Waals surface area contributed by atoms with Gasteiger partial charge in [0.15, 0.2) is 0 Å². The van der Waals surface area contributed by atoms with E-state index in [-0.39, 0.29) is 11.9 Å². The summed E-state index contributed by atoms with van der Waals surface area (Å²) in [7, 11) is 1.60. The van der Waals surface area contributed by atoms with Gasteiger partial charge in [-0.2, -0.15) is 0 Å². The highest BCUT2D eigenvalue weighted by Crippen LogP contribution is 2.42. The molecule has 3 N–H and O–H groups in total. The second-order valence-corrected chi connectivity index (χ2v) is 12.5. The normalized spacial score (nSPS) is 17.2. The molecule has 0 spiro atoms. The average molecular weight is 663 g/mol. The summed E-state index contributed by atoms with van der Waals surface area (Å²) in [5, 5.41) is 17.2. The standard InChI is InChI=1S/C35H37Cl2N5O4/c1-21(43)19-42-14-15-46-30-16-22(6-7-24(30)20-42)34-33(37)27(12-13-39-34)26-4-3-5-28(32(26)36)29-10-8-23(35(41-29)45-2)17-38-18-25-9-11-31(44)40-25/h3-8,10,12-13,16,21,25,38,43H,9,11,14-15,17-20H2,1-2H3,(H,40,44)/t21-,25+/m0/s1. The molecule has 240 valence electrons. The number of amides is 1. The first-order chi connectivity index (χ1) is 22.3. The Kier molecular flexibility index (Phi) is 10.1. The number of methoxy groups -OCH3 is 1. The number of β-amino-alcohol motifs (C(OH)–C–C–N with tert-alkyl or cyclic N) is 1. The molecule has 0 radical (unpaired) electrons. The van der Waals surface area contributed by atoms with E-state index in [1.807, 2.05) is 54.6 Å². The van der Waals surface area contributed by atoms with Crippen molar-refractivity contribution >= 4 is 29.1 Å². The third-order valence-electron chi connectivity index (χ3n) is 8.30. The second-order valence-electron chi connectivity index (χ2n) is 11.7. The van der Waals surface area contributed by atoms with Gasteiger partial charge < -0.3 is 25.2 Å². The number of halogens is 2. The zero-order chi connectivity index (χ0) is 32.2. The van der Waals surface area contributed by atoms with Crippen molar-refractivity contribution in [2.75, 3.05) is 33.4 Å². The lowest BCUT2D eigenvalue weighted by molar-refractivity contribution is -0.119. The van der Waals surface area contributed by atoms with Crippen molar-refractivity contribution in [1.29, 1.82) is 0 Å². The molecule has 2 aliphatic rings. The molecule has 0 unspecified atom stereocenters. The van der Waals surface area contributed by atoms with Crippen molar-refractivity contribution in [1.82, 2.24) is 25.5 Å². The highest BCUT2D eigenvalue weighted by molar-refractivity contribution is 6.39. The molecule has 46 heavy (non-hydrogen) atoms. The zero-order valence-electron chi connectivity index (χ0n) is 25.9. The monoisotopic (exact) mass is 661 g/mol. The number of hydrogen-bond acceptors (Lipinski definition) is 8. The molecular weight excluding hydrogens is 625 g/mol. The van der Waals surface area contributed by atoms with Crippen molar-refractivity contribution in [2.24, 2.45) is 0 Å². The number of benzene rings is 2. The van der Waals surface area contributed by atoms with Gasteiger partial charge in [0, 0.05) is 84.8 Å². The first-order valence-electron chi connectivity index (χ1n) is 15.4. The lowest BCUT2D eigenvalue weighted by atomic mass is 9.99. The quantitative estimate of drug-likeness (QED) is 0.198. The largest absolute Gasteiger partial charge is 0.492 e. The minimum Gasteiger partial charge on any atom is -0.492 e. The van der Waals surface area contributed by atoms with Crippen molar-refractivity contribution in [3.05, 3.63) is 82.0 Å². The number of nitrogens with one attached hydrogen (secondary N) is 2. The van der Waals surface area contributed by atoms with Crippen LogP contribution in [0, 0.1) is 0 Å². The lowest BCUT2D eigenvalue weighted by Crippen LogP contribution is -2.35. The summed E-state index contributed by atoms with van der Waals surface area (Å²) in [4.78, 5) is 23.1. The van der Waals surface area contributed by atoms with Crippen LogP contribution < -0.4 is 20.1 Å². The van der Waals surface area contributed by atoms with E-state index in [4.69, 9.17) is 37.7 Å². The smallest absolute Gasteiger partial charge is 0.220 e. The molecule has 0 bridgehead atoms. The van der Waals surface area contributed by atoms with E-state index >= 15 is 0 Å². The lowest BCUT2D eigenvalue weighted by Gasteiger charge is -2.20. The Morgan fingerprint density at radius 2 is 1.96 bits per heavy atom. The Morgan fingerprint density at radius 1 is 1.13 bits per heavy atom. The number of carbonyl (C=O) groups is 1. The highest BCUT2D eigenvalue weighted by Gasteiger charge is 2.22. The fourth-order valence-corrected chi connectivity index (χ4v) is 6.68. The van der Waals surface area contributed by atoms with E-state index < -0.39 is 6.10 Å². The number of carbonyl (C=O) groups excluding carboxylic acids is 1. The predicted octanol–water partition coefficient (Wildman–Crippen LogP) is 5.74. The number of aromatic nitrogens is 2. The van der Waals surface area contributed by atoms with E-state index in [2.05, 4.69) is 20.5 Å². The van der Waals surface area contributed by atoms with Crippen molar-refractivity contribution in [3.63, 3.8) is 0 Å². The van der Waals surface area contributed by atoms with Crippen LogP contribution in [0.1, 0.15) is 30.9 Å². The van der Waals surface area contributed by atoms with Gasteiger partial charge in [-0.1, -0.05) is 59.6 Å². The Bertz CT molecular complexity index is 1730. The minimum atomic E-state index is -0.407. The molecule has 2 aliphatic heterocycles. The van der Waals surface area contributed by atoms with E-state index in [1.165, 1.54) is 0 Å². The number of fused-ring (bicyclic) bond motifs is 1. The van der Waals surface area contributed by atoms with Gasteiger partial charge in [-0.05, 0) is 31.5 Å². The summed E-state index contributed by atoms with van der Waals surface area (Å²) in [5.74, 6) is 1.40. The molecule has 6 rings (SSSR count). The molecule has 9 nitrogen and oxygen atoms in total. The second kappa shape index (κ2) is 14.4. The molecule has 2 aromatic heterocycles. The summed E-state index contributed by atoms with van der Waals surface area (Å²) >= 11 is 14.1. The molecule has 2 aromatic carbocycles. The highest BCUT2D eigenvalue weighted by atomic mass is 35.5. The Morgan fingerprint density at radius 3 is 2.74 bits per heavy atom. The maximum Gasteiger partial charge on any atom is 0.220 e. The average Bonchev–Trinajstić information content (AvgIpc) is 3.35. The van der Waals surface area contributed by atoms with Crippen LogP contribution in [0.3, 0.4) is 0 Å². The number of pyridine rings is 2. The summed E-state index contributed by atoms with van der Waals surface area (Å²) < 4.78 is 11.7. The third kappa shape index (κ3) is 7.14. The number of aliphatic hydroxyl groups is 1. The van der Waals surface area contributed by atoms with Crippen LogP contribution in [0.2, 0.25) is 10.0 Å². The van der Waals surface area contributed by atoms with Gasteiger partial charge in [-0.15, -0.1) is 0 Å². The molecule has 1 saturated heterocycles. The molecule has 1 amide bonds. The topological polar surface area (TPSA) is 109 Å². The van der Waals surface area contributed by atoms with Gasteiger partial charge in [0.1, 0.15) is 12.4 Å². The van der Waals surface area contributed by atoms with Gasteiger partial charge >= 0.3 is 0 Å². The number of nitrogens with zero attached hydrogens (tertiary/aromatic N) is 3. The van der Waals surface area contributed by atoms with Crippen LogP contribution in [0.4, 0.5) is 0 Å². The first-order valence-corrected chi connectivity index (χ1v) is 16.2. The molecule has 0 saturated carbocycles. The van der Waals surface area contributed by atoms with E-state index in [1.54, 1.807) is 20.2 Å². The van der Waals surface area contributed by atoms with Crippen LogP contribution in [0.5, 0.6) is 11.6 Å². The Hall–Kier alpha value is -3.73. The van der Waals surface area contributed by atoms with Gasteiger partial charge in [0.05, 0.1) is 34.6 Å². The van der Waals surface area contributed by atoms with Crippen LogP contribution in [0.15, 0.2) is 60.8 Å². The van der Waals surface area contributed by atoms with Crippen LogP contribution in [-0.2, 0) is 17.9 Å². The van der Waals surface area contributed by atoms with Crippen LogP contribution >= 0.6 is 23.2 Å². The zero-order valence-corrected chi connectivity index (χ0v) is 27.4. The van der Waals surface area contributed by atoms with Crippen molar-refractivity contribution in [3.8, 4) is 45.3 Å². The Balaban J connectivity index is 1.25. The summed E-state index contributed by atoms with van der Waals surface area (Å²) in [6, 6.07) is 17.7. The first kappa shape index (κ1) is 32.2. The van der Waals surface area contributed by atoms with Gasteiger partial charge in [-0.3, -0.25) is 14.7 Å². The fourth-order valence-electron chi connectivity index (χ4n) is 6.03. The summed E-state index contributed by atoms with van der Waals surface area (Å²) in [5.41, 5.74) is 6.37. The minimum absolute atomic E-state index is 0.101.